The fraction of sp³-hybridized carbons (Fsp3) is 0.643. The van der Waals surface area contributed by atoms with Crippen LogP contribution in [0, 0.1) is 19.8 Å². The van der Waals surface area contributed by atoms with Gasteiger partial charge < -0.3 is 15.6 Å². The van der Waals surface area contributed by atoms with Gasteiger partial charge in [-0.2, -0.15) is 0 Å². The minimum absolute atomic E-state index is 0.0336. The molecule has 21 heavy (non-hydrogen) atoms. The first-order valence-electron chi connectivity index (χ1n) is 7.15. The van der Waals surface area contributed by atoms with E-state index in [9.17, 15) is 14.4 Å². The van der Waals surface area contributed by atoms with Gasteiger partial charge in [0.15, 0.2) is 0 Å². The highest BCUT2D eigenvalue weighted by atomic mass is 32.1. The van der Waals surface area contributed by atoms with Crippen LogP contribution in [0.15, 0.2) is 4.79 Å². The zero-order chi connectivity index (χ0) is 15.6. The number of hydrogen-bond acceptors (Lipinski definition) is 4. The maximum Gasteiger partial charge on any atom is 0.307 e. The molecule has 0 saturated heterocycles. The second kappa shape index (κ2) is 6.43. The number of hydrogen-bond donors (Lipinski definition) is 2. The van der Waals surface area contributed by atoms with Gasteiger partial charge in [-0.05, 0) is 26.7 Å². The van der Waals surface area contributed by atoms with E-state index in [0.717, 1.165) is 29.8 Å². The Morgan fingerprint density at radius 1 is 1.38 bits per heavy atom. The van der Waals surface area contributed by atoms with Crippen LogP contribution in [-0.2, 0) is 16.1 Å². The maximum atomic E-state index is 12.0. The Hall–Kier alpha value is -1.63. The number of amides is 2. The smallest absolute Gasteiger partial charge is 0.307 e. The molecule has 0 aliphatic heterocycles. The van der Waals surface area contributed by atoms with Crippen molar-refractivity contribution in [2.45, 2.75) is 52.1 Å². The predicted molar refractivity (Wildman–Crippen MR) is 81.1 cm³/mol. The number of carbonyl (C=O) groups is 2. The Morgan fingerprint density at radius 3 is 2.67 bits per heavy atom. The van der Waals surface area contributed by atoms with Crippen molar-refractivity contribution in [2.75, 3.05) is 0 Å². The van der Waals surface area contributed by atoms with Gasteiger partial charge in [-0.1, -0.05) is 17.8 Å². The average molecular weight is 311 g/mol. The normalized spacial score (nSPS) is 21.4. The molecule has 0 aromatic carbocycles. The number of aryl methyl sites for hydroxylation is 1. The molecule has 2 amide bonds. The Kier molecular flexibility index (Phi) is 4.82. The third kappa shape index (κ3) is 3.53. The summed E-state index contributed by atoms with van der Waals surface area (Å²) in [6.45, 7) is 4.15. The molecule has 1 aliphatic carbocycles. The van der Waals surface area contributed by atoms with Crippen molar-refractivity contribution in [2.24, 2.45) is 11.7 Å². The maximum absolute atomic E-state index is 12.0. The molecule has 1 fully saturated rings. The highest BCUT2D eigenvalue weighted by Crippen LogP contribution is 2.25. The average Bonchev–Trinajstić information content (AvgIpc) is 2.94. The molecule has 2 rings (SSSR count). The molecule has 0 bridgehead atoms. The predicted octanol–water partition coefficient (Wildman–Crippen LogP) is 0.687. The van der Waals surface area contributed by atoms with E-state index in [1.54, 1.807) is 4.57 Å². The molecule has 1 aromatic heterocycles. The number of nitrogens with one attached hydrogen (secondary N) is 1. The SMILES string of the molecule is Cc1sc(=O)n(CCC(=O)NC2CCCC2C(N)=O)c1C. The van der Waals surface area contributed by atoms with Crippen LogP contribution in [-0.4, -0.2) is 22.4 Å². The third-order valence-corrected chi connectivity index (χ3v) is 5.16. The summed E-state index contributed by atoms with van der Waals surface area (Å²) in [6.07, 6.45) is 2.66. The van der Waals surface area contributed by atoms with Crippen molar-refractivity contribution in [3.05, 3.63) is 20.2 Å². The van der Waals surface area contributed by atoms with Crippen molar-refractivity contribution < 1.29 is 9.59 Å². The molecule has 1 saturated carbocycles. The molecular weight excluding hydrogens is 290 g/mol. The summed E-state index contributed by atoms with van der Waals surface area (Å²) in [5.41, 5.74) is 6.25. The number of rotatable bonds is 5. The first kappa shape index (κ1) is 15.8. The molecule has 0 radical (unpaired) electrons. The van der Waals surface area contributed by atoms with E-state index in [-0.39, 0.29) is 35.1 Å². The molecule has 116 valence electrons. The molecular formula is C14H21N3O3S. The topological polar surface area (TPSA) is 94.2 Å². The van der Waals surface area contributed by atoms with Gasteiger partial charge in [0.1, 0.15) is 0 Å². The molecule has 0 spiro atoms. The van der Waals surface area contributed by atoms with E-state index in [1.807, 2.05) is 13.8 Å². The van der Waals surface area contributed by atoms with Crippen molar-refractivity contribution in [3.63, 3.8) is 0 Å². The van der Waals surface area contributed by atoms with Gasteiger partial charge in [0, 0.05) is 29.6 Å². The zero-order valence-electron chi connectivity index (χ0n) is 12.3. The highest BCUT2D eigenvalue weighted by molar-refractivity contribution is 7.09. The van der Waals surface area contributed by atoms with E-state index < -0.39 is 0 Å². The Balaban J connectivity index is 1.91. The van der Waals surface area contributed by atoms with Crippen LogP contribution in [0.5, 0.6) is 0 Å². The quantitative estimate of drug-likeness (QED) is 0.837. The molecule has 2 unspecified atom stereocenters. The molecule has 3 N–H and O–H groups in total. The second-order valence-corrected chi connectivity index (χ2v) is 6.69. The Bertz CT molecular complexity index is 605. The summed E-state index contributed by atoms with van der Waals surface area (Å²) in [5.74, 6) is -0.747. The fourth-order valence-corrected chi connectivity index (χ4v) is 3.67. The van der Waals surface area contributed by atoms with Gasteiger partial charge in [-0.3, -0.25) is 14.4 Å². The van der Waals surface area contributed by atoms with Gasteiger partial charge in [0.05, 0.1) is 5.92 Å². The first-order chi connectivity index (χ1) is 9.90. The van der Waals surface area contributed by atoms with Crippen LogP contribution < -0.4 is 15.9 Å². The lowest BCUT2D eigenvalue weighted by molar-refractivity contribution is -0.124. The molecule has 1 heterocycles. The lowest BCUT2D eigenvalue weighted by atomic mass is 10.0. The minimum atomic E-state index is -0.349. The molecule has 1 aromatic rings. The van der Waals surface area contributed by atoms with Gasteiger partial charge in [0.25, 0.3) is 0 Å². The molecule has 2 atom stereocenters. The summed E-state index contributed by atoms with van der Waals surface area (Å²) in [4.78, 5) is 36.0. The molecule has 1 aliphatic rings. The van der Waals surface area contributed by atoms with E-state index in [1.165, 1.54) is 11.3 Å². The van der Waals surface area contributed by atoms with E-state index in [0.29, 0.717) is 6.54 Å². The highest BCUT2D eigenvalue weighted by Gasteiger charge is 2.32. The Morgan fingerprint density at radius 2 is 2.10 bits per heavy atom. The first-order valence-corrected chi connectivity index (χ1v) is 7.97. The molecule has 6 nitrogen and oxygen atoms in total. The van der Waals surface area contributed by atoms with Crippen molar-refractivity contribution in [3.8, 4) is 0 Å². The van der Waals surface area contributed by atoms with Gasteiger partial charge in [-0.15, -0.1) is 0 Å². The van der Waals surface area contributed by atoms with Gasteiger partial charge >= 0.3 is 4.87 Å². The number of primary amides is 1. The summed E-state index contributed by atoms with van der Waals surface area (Å²) < 4.78 is 1.62. The summed E-state index contributed by atoms with van der Waals surface area (Å²) in [5, 5.41) is 2.87. The van der Waals surface area contributed by atoms with Crippen LogP contribution in [0.1, 0.15) is 36.3 Å². The number of nitrogens with zero attached hydrogens (tertiary/aromatic N) is 1. The van der Waals surface area contributed by atoms with Crippen LogP contribution >= 0.6 is 11.3 Å². The summed E-state index contributed by atoms with van der Waals surface area (Å²) in [6, 6.07) is -0.156. The van der Waals surface area contributed by atoms with Crippen molar-refractivity contribution in [1.82, 2.24) is 9.88 Å². The van der Waals surface area contributed by atoms with Crippen molar-refractivity contribution in [1.29, 1.82) is 0 Å². The monoisotopic (exact) mass is 311 g/mol. The lowest BCUT2D eigenvalue weighted by Crippen LogP contribution is -2.42. The third-order valence-electron chi connectivity index (χ3n) is 4.17. The number of nitrogens with two attached hydrogens (primary N) is 1. The van der Waals surface area contributed by atoms with Crippen molar-refractivity contribution >= 4 is 23.2 Å². The Labute approximate surface area is 127 Å². The second-order valence-electron chi connectivity index (χ2n) is 5.52. The van der Waals surface area contributed by atoms with Crippen LogP contribution in [0.3, 0.4) is 0 Å². The number of aromatic nitrogens is 1. The largest absolute Gasteiger partial charge is 0.369 e. The standard InChI is InChI=1S/C14H21N3O3S/c1-8-9(2)21-14(20)17(8)7-6-12(18)16-11-5-3-4-10(11)13(15)19/h10-11H,3-7H2,1-2H3,(H2,15,19)(H,16,18). The molecule has 7 heteroatoms. The number of thiazole rings is 1. The van der Waals surface area contributed by atoms with Crippen LogP contribution in [0.4, 0.5) is 0 Å². The van der Waals surface area contributed by atoms with E-state index >= 15 is 0 Å². The van der Waals surface area contributed by atoms with Gasteiger partial charge in [0.2, 0.25) is 11.8 Å². The minimum Gasteiger partial charge on any atom is -0.369 e. The van der Waals surface area contributed by atoms with Crippen LogP contribution in [0.25, 0.3) is 0 Å². The summed E-state index contributed by atoms with van der Waals surface area (Å²) in [7, 11) is 0. The lowest BCUT2D eigenvalue weighted by Gasteiger charge is -2.18. The van der Waals surface area contributed by atoms with E-state index in [2.05, 4.69) is 5.32 Å². The fourth-order valence-electron chi connectivity index (χ4n) is 2.81. The van der Waals surface area contributed by atoms with Gasteiger partial charge in [-0.25, -0.2) is 0 Å². The van der Waals surface area contributed by atoms with E-state index in [4.69, 9.17) is 5.73 Å². The van der Waals surface area contributed by atoms with Crippen LogP contribution in [0.2, 0.25) is 0 Å². The summed E-state index contributed by atoms with van der Waals surface area (Å²) >= 11 is 1.20. The zero-order valence-corrected chi connectivity index (χ0v) is 13.2. The number of carbonyl (C=O) groups excluding carboxylic acids is 2.